The van der Waals surface area contributed by atoms with Crippen molar-refractivity contribution in [3.05, 3.63) is 53.1 Å². The number of carbonyl (C=O) groups is 1. The molecule has 0 fully saturated rings. The van der Waals surface area contributed by atoms with Crippen molar-refractivity contribution in [2.75, 3.05) is 28.4 Å². The van der Waals surface area contributed by atoms with E-state index in [1.165, 1.54) is 64.8 Å². The van der Waals surface area contributed by atoms with E-state index in [9.17, 15) is 25.2 Å². The van der Waals surface area contributed by atoms with Gasteiger partial charge < -0.3 is 48.8 Å². The number of hydrogen-bond donors (Lipinski definition) is 4. The van der Waals surface area contributed by atoms with Crippen molar-refractivity contribution in [3.8, 4) is 51.7 Å². The van der Waals surface area contributed by atoms with E-state index in [1.807, 2.05) is 0 Å². The number of rotatable bonds is 7. The molecule has 3 aromatic carbocycles. The molecule has 4 rings (SSSR count). The summed E-state index contributed by atoms with van der Waals surface area (Å²) in [6, 6.07) is 8.04. The van der Waals surface area contributed by atoms with Crippen LogP contribution in [0.4, 0.5) is 0 Å². The lowest BCUT2D eigenvalue weighted by Crippen LogP contribution is -2.35. The lowest BCUT2D eigenvalue weighted by Gasteiger charge is -2.34. The molecule has 1 aliphatic rings. The lowest BCUT2D eigenvalue weighted by molar-refractivity contribution is -0.0189. The fourth-order valence-electron chi connectivity index (χ4n) is 4.21. The van der Waals surface area contributed by atoms with Crippen LogP contribution in [-0.4, -0.2) is 60.9 Å². The normalized spacial score (nSPS) is 16.2. The molecular formula is C26H26O11. The summed E-state index contributed by atoms with van der Waals surface area (Å²) in [6.45, 7) is 0. The van der Waals surface area contributed by atoms with Crippen molar-refractivity contribution in [1.29, 1.82) is 0 Å². The van der Waals surface area contributed by atoms with Crippen LogP contribution in [0.2, 0.25) is 0 Å². The molecule has 3 aromatic rings. The average molecular weight is 514 g/mol. The molecule has 0 unspecified atom stereocenters. The summed E-state index contributed by atoms with van der Waals surface area (Å²) in [4.78, 5) is 13.2. The Morgan fingerprint density at radius 1 is 0.811 bits per heavy atom. The fourth-order valence-corrected chi connectivity index (χ4v) is 4.21. The Labute approximate surface area is 211 Å². The number of hydrogen-bond acceptors (Lipinski definition) is 11. The first-order chi connectivity index (χ1) is 17.7. The number of ether oxygens (including phenoxy) is 6. The molecule has 0 radical (unpaired) electrons. The molecule has 4 N–H and O–H groups in total. The molecule has 196 valence electrons. The lowest BCUT2D eigenvalue weighted by atomic mass is 9.93. The molecule has 0 spiro atoms. The van der Waals surface area contributed by atoms with Crippen LogP contribution < -0.4 is 23.7 Å². The van der Waals surface area contributed by atoms with Crippen LogP contribution >= 0.6 is 0 Å². The first-order valence-corrected chi connectivity index (χ1v) is 11.0. The summed E-state index contributed by atoms with van der Waals surface area (Å²) >= 11 is 0. The Balaban J connectivity index is 1.77. The van der Waals surface area contributed by atoms with Crippen molar-refractivity contribution in [2.24, 2.45) is 0 Å². The highest BCUT2D eigenvalue weighted by molar-refractivity contribution is 5.91. The number of aromatic hydroxyl groups is 4. The summed E-state index contributed by atoms with van der Waals surface area (Å²) in [6.07, 6.45) is -1.88. The number of carbonyl (C=O) groups excluding carboxylic acids is 1. The van der Waals surface area contributed by atoms with Gasteiger partial charge in [-0.25, -0.2) is 4.79 Å². The fraction of sp³-hybridized carbons (Fsp3) is 0.269. The second-order valence-corrected chi connectivity index (χ2v) is 8.13. The number of benzene rings is 3. The smallest absolute Gasteiger partial charge is 0.338 e. The van der Waals surface area contributed by atoms with Crippen LogP contribution in [0.15, 0.2) is 36.4 Å². The zero-order chi connectivity index (χ0) is 26.9. The van der Waals surface area contributed by atoms with E-state index in [0.29, 0.717) is 11.3 Å². The van der Waals surface area contributed by atoms with Crippen molar-refractivity contribution < 1.29 is 53.6 Å². The molecule has 0 saturated carbocycles. The first-order valence-electron chi connectivity index (χ1n) is 11.0. The predicted molar refractivity (Wildman–Crippen MR) is 128 cm³/mol. The van der Waals surface area contributed by atoms with E-state index in [-0.39, 0.29) is 63.5 Å². The van der Waals surface area contributed by atoms with Gasteiger partial charge in [-0.3, -0.25) is 0 Å². The SMILES string of the molecule is COc1cc(C(=O)O[C@@H]2Cc3c(OC)cc(O)cc3O[C@@H]2c2cc(O)c(OC)c(O)c2)cc(OC)c1O. The topological polar surface area (TPSA) is 153 Å². The number of methoxy groups -OCH3 is 4. The Bertz CT molecular complexity index is 1290. The average Bonchev–Trinajstić information content (AvgIpc) is 2.87. The molecule has 1 heterocycles. The van der Waals surface area contributed by atoms with Gasteiger partial charge in [0.15, 0.2) is 29.1 Å². The van der Waals surface area contributed by atoms with E-state index in [2.05, 4.69) is 0 Å². The highest BCUT2D eigenvalue weighted by Gasteiger charge is 2.37. The second kappa shape index (κ2) is 10.1. The van der Waals surface area contributed by atoms with Crippen molar-refractivity contribution in [2.45, 2.75) is 18.6 Å². The van der Waals surface area contributed by atoms with Crippen LogP contribution in [0.5, 0.6) is 51.7 Å². The van der Waals surface area contributed by atoms with Gasteiger partial charge in [-0.15, -0.1) is 0 Å². The molecular weight excluding hydrogens is 488 g/mol. The van der Waals surface area contributed by atoms with Gasteiger partial charge in [-0.1, -0.05) is 0 Å². The van der Waals surface area contributed by atoms with Crippen molar-refractivity contribution in [1.82, 2.24) is 0 Å². The highest BCUT2D eigenvalue weighted by atomic mass is 16.6. The van der Waals surface area contributed by atoms with Crippen LogP contribution in [0.1, 0.15) is 27.6 Å². The molecule has 0 aromatic heterocycles. The maximum Gasteiger partial charge on any atom is 0.338 e. The molecule has 0 bridgehead atoms. The molecule has 1 aliphatic heterocycles. The largest absolute Gasteiger partial charge is 0.508 e. The minimum atomic E-state index is -1.01. The van der Waals surface area contributed by atoms with E-state index in [4.69, 9.17) is 28.4 Å². The van der Waals surface area contributed by atoms with Gasteiger partial charge in [0.05, 0.1) is 34.0 Å². The molecule has 0 aliphatic carbocycles. The number of phenolic OH excluding ortho intramolecular Hbond substituents is 4. The van der Waals surface area contributed by atoms with Crippen LogP contribution in [0, 0.1) is 0 Å². The maximum absolute atomic E-state index is 13.2. The Hall–Kier alpha value is -4.67. The molecule has 11 heteroatoms. The molecule has 0 amide bonds. The predicted octanol–water partition coefficient (Wildman–Crippen LogP) is 3.45. The van der Waals surface area contributed by atoms with Gasteiger partial charge in [-0.05, 0) is 24.3 Å². The monoisotopic (exact) mass is 514 g/mol. The van der Waals surface area contributed by atoms with E-state index >= 15 is 0 Å². The molecule has 37 heavy (non-hydrogen) atoms. The third-order valence-electron chi connectivity index (χ3n) is 5.95. The van der Waals surface area contributed by atoms with Crippen LogP contribution in [0.25, 0.3) is 0 Å². The number of esters is 1. The minimum Gasteiger partial charge on any atom is -0.508 e. The summed E-state index contributed by atoms with van der Waals surface area (Å²) in [5, 5.41) is 41.0. The maximum atomic E-state index is 13.2. The summed E-state index contributed by atoms with van der Waals surface area (Å²) in [7, 11) is 5.38. The van der Waals surface area contributed by atoms with E-state index < -0.39 is 18.2 Å². The zero-order valence-corrected chi connectivity index (χ0v) is 20.5. The van der Waals surface area contributed by atoms with Crippen LogP contribution in [-0.2, 0) is 11.2 Å². The first kappa shape index (κ1) is 25.4. The Morgan fingerprint density at radius 3 is 1.95 bits per heavy atom. The third-order valence-corrected chi connectivity index (χ3v) is 5.95. The van der Waals surface area contributed by atoms with Gasteiger partial charge in [-0.2, -0.15) is 0 Å². The quantitative estimate of drug-likeness (QED) is 0.343. The standard InChI is InChI=1S/C26H26O11/c1-32-18-9-14(27)10-19-15(18)11-22(24(36-19)12-5-16(28)25(35-4)17(29)6-12)37-26(31)13-7-20(33-2)23(30)21(8-13)34-3/h5-10,22,24,27-30H,11H2,1-4H3/t22-,24-/m1/s1. The van der Waals surface area contributed by atoms with Gasteiger partial charge in [0.25, 0.3) is 0 Å². The van der Waals surface area contributed by atoms with Gasteiger partial charge in [0, 0.05) is 29.7 Å². The van der Waals surface area contributed by atoms with E-state index in [1.54, 1.807) is 0 Å². The highest BCUT2D eigenvalue weighted by Crippen LogP contribution is 2.46. The van der Waals surface area contributed by atoms with Gasteiger partial charge >= 0.3 is 5.97 Å². The van der Waals surface area contributed by atoms with Crippen LogP contribution in [0.3, 0.4) is 0 Å². The summed E-state index contributed by atoms with van der Waals surface area (Å²) in [5.41, 5.74) is 0.855. The minimum absolute atomic E-state index is 0.00948. The Kier molecular flexibility index (Phi) is 6.96. The molecule has 0 saturated heterocycles. The number of phenols is 4. The van der Waals surface area contributed by atoms with E-state index in [0.717, 1.165) is 0 Å². The summed E-state index contributed by atoms with van der Waals surface area (Å²) < 4.78 is 32.6. The Morgan fingerprint density at radius 2 is 1.41 bits per heavy atom. The zero-order valence-electron chi connectivity index (χ0n) is 20.5. The second-order valence-electron chi connectivity index (χ2n) is 8.13. The number of fused-ring (bicyclic) bond motifs is 1. The van der Waals surface area contributed by atoms with Crippen molar-refractivity contribution >= 4 is 5.97 Å². The summed E-state index contributed by atoms with van der Waals surface area (Å²) in [5.74, 6) is -1.37. The van der Waals surface area contributed by atoms with Gasteiger partial charge in [0.2, 0.25) is 11.5 Å². The van der Waals surface area contributed by atoms with Gasteiger partial charge in [0.1, 0.15) is 23.4 Å². The van der Waals surface area contributed by atoms with Crippen molar-refractivity contribution in [3.63, 3.8) is 0 Å². The molecule has 2 atom stereocenters. The molecule has 11 nitrogen and oxygen atoms in total. The third kappa shape index (κ3) is 4.75.